The molecule has 0 saturated heterocycles. The first-order chi connectivity index (χ1) is 8.50. The molecule has 2 aromatic rings. The first kappa shape index (κ1) is 12.5. The van der Waals surface area contributed by atoms with Crippen LogP contribution in [0.3, 0.4) is 0 Å². The maximum Gasteiger partial charge on any atom is 0.335 e. The second-order valence-electron chi connectivity index (χ2n) is 3.92. The predicted molar refractivity (Wildman–Crippen MR) is 68.0 cm³/mol. The topological polar surface area (TPSA) is 60.4 Å². The van der Waals surface area contributed by atoms with E-state index in [0.29, 0.717) is 21.7 Å². The zero-order chi connectivity index (χ0) is 13.3. The summed E-state index contributed by atoms with van der Waals surface area (Å²) in [4.78, 5) is 11.1. The SMILES string of the molecule is Cc1c(C(=O)O)cccc1-c1cc([O-])ccc1Cl. The highest BCUT2D eigenvalue weighted by atomic mass is 35.5. The molecule has 0 atom stereocenters. The maximum atomic E-state index is 11.4. The molecule has 0 saturated carbocycles. The summed E-state index contributed by atoms with van der Waals surface area (Å²) in [6.07, 6.45) is 0. The molecule has 3 nitrogen and oxygen atoms in total. The van der Waals surface area contributed by atoms with Gasteiger partial charge in [-0.3, -0.25) is 0 Å². The molecule has 0 heterocycles. The van der Waals surface area contributed by atoms with Crippen molar-refractivity contribution in [1.29, 1.82) is 0 Å². The van der Waals surface area contributed by atoms with Crippen LogP contribution in [-0.4, -0.2) is 11.1 Å². The average molecular weight is 262 g/mol. The number of halogens is 1. The minimum absolute atomic E-state index is 0.158. The van der Waals surface area contributed by atoms with Gasteiger partial charge in [-0.15, -0.1) is 5.75 Å². The molecule has 0 aliphatic rings. The highest BCUT2D eigenvalue weighted by molar-refractivity contribution is 6.33. The Morgan fingerprint density at radius 1 is 1.22 bits per heavy atom. The third-order valence-corrected chi connectivity index (χ3v) is 3.12. The summed E-state index contributed by atoms with van der Waals surface area (Å²) in [6, 6.07) is 9.22. The largest absolute Gasteiger partial charge is 0.872 e. The Kier molecular flexibility index (Phi) is 3.26. The minimum atomic E-state index is -0.997. The molecule has 1 N–H and O–H groups in total. The van der Waals surface area contributed by atoms with Gasteiger partial charge >= 0.3 is 5.97 Å². The number of hydrogen-bond donors (Lipinski definition) is 1. The minimum Gasteiger partial charge on any atom is -0.872 e. The summed E-state index contributed by atoms with van der Waals surface area (Å²) in [5.74, 6) is -1.15. The summed E-state index contributed by atoms with van der Waals surface area (Å²) in [6.45, 7) is 1.70. The van der Waals surface area contributed by atoms with Gasteiger partial charge in [0.15, 0.2) is 0 Å². The third-order valence-electron chi connectivity index (χ3n) is 2.79. The van der Waals surface area contributed by atoms with Gasteiger partial charge in [0.05, 0.1) is 5.56 Å². The number of benzene rings is 2. The van der Waals surface area contributed by atoms with Crippen molar-refractivity contribution in [2.75, 3.05) is 0 Å². The van der Waals surface area contributed by atoms with Gasteiger partial charge in [0.25, 0.3) is 0 Å². The van der Waals surface area contributed by atoms with E-state index in [4.69, 9.17) is 16.7 Å². The van der Waals surface area contributed by atoms with Crippen LogP contribution in [0.1, 0.15) is 15.9 Å². The molecule has 18 heavy (non-hydrogen) atoms. The van der Waals surface area contributed by atoms with E-state index in [-0.39, 0.29) is 11.3 Å². The maximum absolute atomic E-state index is 11.4. The fourth-order valence-corrected chi connectivity index (χ4v) is 2.09. The van der Waals surface area contributed by atoms with Crippen LogP contribution in [0.15, 0.2) is 36.4 Å². The van der Waals surface area contributed by atoms with Gasteiger partial charge in [-0.1, -0.05) is 35.9 Å². The highest BCUT2D eigenvalue weighted by Gasteiger charge is 2.12. The molecule has 0 aliphatic heterocycles. The molecule has 0 aliphatic carbocycles. The fraction of sp³-hybridized carbons (Fsp3) is 0.0714. The van der Waals surface area contributed by atoms with Crippen LogP contribution in [0, 0.1) is 6.92 Å². The van der Waals surface area contributed by atoms with Crippen molar-refractivity contribution in [3.63, 3.8) is 0 Å². The Labute approximate surface area is 109 Å². The number of rotatable bonds is 2. The molecule has 0 fully saturated rings. The Bertz CT molecular complexity index is 620. The Hall–Kier alpha value is -2.00. The van der Waals surface area contributed by atoms with Crippen molar-refractivity contribution >= 4 is 17.6 Å². The highest BCUT2D eigenvalue weighted by Crippen LogP contribution is 2.33. The van der Waals surface area contributed by atoms with Crippen molar-refractivity contribution in [3.05, 3.63) is 52.5 Å². The molecule has 0 bridgehead atoms. The van der Waals surface area contributed by atoms with Crippen molar-refractivity contribution in [3.8, 4) is 16.9 Å². The van der Waals surface area contributed by atoms with E-state index in [0.717, 1.165) is 0 Å². The van der Waals surface area contributed by atoms with Crippen molar-refractivity contribution < 1.29 is 15.0 Å². The normalized spacial score (nSPS) is 10.3. The molecule has 0 aromatic heterocycles. The standard InChI is InChI=1S/C14H11ClO3/c1-8-10(3-2-4-11(8)14(17)18)12-7-9(16)5-6-13(12)15/h2-7,16H,1H3,(H,17,18)/p-1. The molecule has 0 unspecified atom stereocenters. The number of carboxylic acids is 1. The molecular formula is C14H10ClO3-. The van der Waals surface area contributed by atoms with Gasteiger partial charge in [0.2, 0.25) is 0 Å². The lowest BCUT2D eigenvalue weighted by molar-refractivity contribution is -0.268. The first-order valence-corrected chi connectivity index (χ1v) is 5.68. The van der Waals surface area contributed by atoms with Gasteiger partial charge in [-0.2, -0.15) is 0 Å². The second-order valence-corrected chi connectivity index (χ2v) is 4.33. The van der Waals surface area contributed by atoms with Gasteiger partial charge in [-0.25, -0.2) is 4.79 Å². The molecule has 92 valence electrons. The Balaban J connectivity index is 2.68. The van der Waals surface area contributed by atoms with Crippen molar-refractivity contribution in [1.82, 2.24) is 0 Å². The molecule has 0 amide bonds. The van der Waals surface area contributed by atoms with Crippen LogP contribution < -0.4 is 5.11 Å². The van der Waals surface area contributed by atoms with Gasteiger partial charge < -0.3 is 10.2 Å². The summed E-state index contributed by atoms with van der Waals surface area (Å²) in [7, 11) is 0. The summed E-state index contributed by atoms with van der Waals surface area (Å²) in [5.41, 5.74) is 2.03. The fourth-order valence-electron chi connectivity index (χ4n) is 1.87. The summed E-state index contributed by atoms with van der Waals surface area (Å²) in [5, 5.41) is 20.9. The zero-order valence-electron chi connectivity index (χ0n) is 9.61. The van der Waals surface area contributed by atoms with E-state index in [1.165, 1.54) is 24.3 Å². The molecule has 0 spiro atoms. The lowest BCUT2D eigenvalue weighted by atomic mass is 9.96. The van der Waals surface area contributed by atoms with E-state index >= 15 is 0 Å². The van der Waals surface area contributed by atoms with Gasteiger partial charge in [-0.05, 0) is 35.7 Å². The van der Waals surface area contributed by atoms with E-state index in [2.05, 4.69) is 0 Å². The lowest BCUT2D eigenvalue weighted by Crippen LogP contribution is -2.01. The monoisotopic (exact) mass is 261 g/mol. The van der Waals surface area contributed by atoms with E-state index in [1.54, 1.807) is 19.1 Å². The molecule has 4 heteroatoms. The van der Waals surface area contributed by atoms with Crippen LogP contribution in [0.5, 0.6) is 5.75 Å². The van der Waals surface area contributed by atoms with Gasteiger partial charge in [0, 0.05) is 5.02 Å². The van der Waals surface area contributed by atoms with Crippen LogP contribution in [0.25, 0.3) is 11.1 Å². The quantitative estimate of drug-likeness (QED) is 0.904. The zero-order valence-corrected chi connectivity index (χ0v) is 10.4. The number of carbonyl (C=O) groups is 1. The van der Waals surface area contributed by atoms with Crippen LogP contribution in [0.2, 0.25) is 5.02 Å². The number of hydrogen-bond acceptors (Lipinski definition) is 2. The summed E-state index contributed by atoms with van der Waals surface area (Å²) < 4.78 is 0. The van der Waals surface area contributed by atoms with Crippen LogP contribution in [-0.2, 0) is 0 Å². The van der Waals surface area contributed by atoms with E-state index in [9.17, 15) is 9.90 Å². The van der Waals surface area contributed by atoms with E-state index < -0.39 is 5.97 Å². The van der Waals surface area contributed by atoms with Crippen LogP contribution >= 0.6 is 11.6 Å². The second kappa shape index (κ2) is 4.70. The van der Waals surface area contributed by atoms with Crippen LogP contribution in [0.4, 0.5) is 0 Å². The predicted octanol–water partition coefficient (Wildman–Crippen LogP) is 3.09. The third kappa shape index (κ3) is 2.17. The number of aromatic carboxylic acids is 1. The molecule has 2 aromatic carbocycles. The molecular weight excluding hydrogens is 252 g/mol. The lowest BCUT2D eigenvalue weighted by Gasteiger charge is -2.13. The van der Waals surface area contributed by atoms with E-state index in [1.807, 2.05) is 0 Å². The average Bonchev–Trinajstić information content (AvgIpc) is 2.32. The Morgan fingerprint density at radius 2 is 1.94 bits per heavy atom. The van der Waals surface area contributed by atoms with Gasteiger partial charge in [0.1, 0.15) is 0 Å². The smallest absolute Gasteiger partial charge is 0.335 e. The molecule has 2 rings (SSSR count). The Morgan fingerprint density at radius 3 is 2.61 bits per heavy atom. The molecule has 0 radical (unpaired) electrons. The van der Waals surface area contributed by atoms with Crippen molar-refractivity contribution in [2.45, 2.75) is 6.92 Å². The first-order valence-electron chi connectivity index (χ1n) is 5.30. The number of carboxylic acid groups (broad SMARTS) is 1. The van der Waals surface area contributed by atoms with Crippen molar-refractivity contribution in [2.24, 2.45) is 0 Å². The summed E-state index contributed by atoms with van der Waals surface area (Å²) >= 11 is 6.05.